The average Bonchev–Trinajstić information content (AvgIpc) is 2.70. The molecule has 2 heterocycles. The maximum Gasteiger partial charge on any atom is 1.00 e. The fourth-order valence-electron chi connectivity index (χ4n) is 2.18. The van der Waals surface area contributed by atoms with Gasteiger partial charge in [-0.1, -0.05) is 85.4 Å². The number of rotatable bonds is 1. The summed E-state index contributed by atoms with van der Waals surface area (Å²) < 4.78 is 25.4. The largest absolute Gasteiger partial charge is 1.00 e. The smallest absolute Gasteiger partial charge is 0.472 e. The molecule has 0 atom stereocenters. The van der Waals surface area contributed by atoms with Crippen LogP contribution in [0.5, 0.6) is 0 Å². The van der Waals surface area contributed by atoms with Crippen molar-refractivity contribution < 1.29 is 70.3 Å². The summed E-state index contributed by atoms with van der Waals surface area (Å²) in [5, 5.41) is 0. The third-order valence-corrected chi connectivity index (χ3v) is 4.43. The molecule has 6 nitrogen and oxygen atoms in total. The van der Waals surface area contributed by atoms with Crippen molar-refractivity contribution >= 4 is 8.24 Å². The Morgan fingerprint density at radius 3 is 1.39 bits per heavy atom. The number of nitrogens with zero attached hydrogens (tertiary/aromatic N) is 2. The first-order valence-electron chi connectivity index (χ1n) is 10.4. The van der Waals surface area contributed by atoms with E-state index in [2.05, 4.69) is 48.3 Å². The summed E-state index contributed by atoms with van der Waals surface area (Å²) in [6.45, 7) is 13.8. The number of aromatic nitrogens is 1. The molecule has 3 rings (SSSR count). The second kappa shape index (κ2) is 20.5. The van der Waals surface area contributed by atoms with E-state index in [4.69, 9.17) is 18.9 Å². The van der Waals surface area contributed by atoms with E-state index in [1.54, 1.807) is 6.20 Å². The first-order valence-corrected chi connectivity index (χ1v) is 13.9. The van der Waals surface area contributed by atoms with Gasteiger partial charge in [-0.2, -0.15) is 0 Å². The van der Waals surface area contributed by atoms with Gasteiger partial charge in [0.25, 0.3) is 0 Å². The van der Waals surface area contributed by atoms with Crippen LogP contribution in [-0.4, -0.2) is 61.1 Å². The Balaban J connectivity index is 0.000000442. The average molecular weight is 473 g/mol. The molecule has 0 saturated carbocycles. The maximum absolute atomic E-state index is 5.22. The monoisotopic (exact) mass is 472 g/mol. The molecule has 1 saturated heterocycles. The molecular weight excluding hydrogens is 435 g/mol. The molecular formula is C23H37KN2O4Si. The van der Waals surface area contributed by atoms with Gasteiger partial charge in [0.2, 0.25) is 0 Å². The van der Waals surface area contributed by atoms with E-state index in [0.717, 1.165) is 5.49 Å². The number of hydrogen-bond acceptors (Lipinski definition) is 5. The van der Waals surface area contributed by atoms with Crippen LogP contribution in [0.4, 0.5) is 0 Å². The van der Waals surface area contributed by atoms with Gasteiger partial charge in [-0.25, -0.2) is 0 Å². The van der Waals surface area contributed by atoms with Gasteiger partial charge in [-0.3, -0.25) is 0 Å². The van der Waals surface area contributed by atoms with Crippen molar-refractivity contribution in [2.24, 2.45) is 4.66 Å². The van der Waals surface area contributed by atoms with Crippen LogP contribution in [0, 0.1) is 6.92 Å². The van der Waals surface area contributed by atoms with Crippen LogP contribution in [0.15, 0.2) is 59.4 Å². The van der Waals surface area contributed by atoms with Crippen molar-refractivity contribution in [1.29, 1.82) is 0 Å². The number of hydrogen-bond donors (Lipinski definition) is 0. The molecule has 0 bridgehead atoms. The predicted octanol–water partition coefficient (Wildman–Crippen LogP) is 0.445. The van der Waals surface area contributed by atoms with Crippen molar-refractivity contribution in [2.75, 3.05) is 52.9 Å². The fourth-order valence-corrected chi connectivity index (χ4v) is 3.00. The van der Waals surface area contributed by atoms with E-state index in [1.807, 2.05) is 36.4 Å². The Morgan fingerprint density at radius 2 is 1.10 bits per heavy atom. The second-order valence-corrected chi connectivity index (χ2v) is 12.1. The zero-order valence-electron chi connectivity index (χ0n) is 19.9. The first-order chi connectivity index (χ1) is 14.5. The molecule has 0 aliphatic carbocycles. The van der Waals surface area contributed by atoms with Gasteiger partial charge in [-0.05, 0) is 6.92 Å². The fraction of sp³-hybridized carbons (Fsp3) is 0.522. The SMILES string of the molecule is C1COCCOCCOCCO1.C[Si](C)(C)/N=c1\cccc[n-]1.Cc1ccccc1.[K+]. The molecule has 1 fully saturated rings. The van der Waals surface area contributed by atoms with Gasteiger partial charge < -0.3 is 28.6 Å². The topological polar surface area (TPSA) is 63.4 Å². The van der Waals surface area contributed by atoms with E-state index in [-0.39, 0.29) is 51.4 Å². The molecule has 31 heavy (non-hydrogen) atoms. The maximum atomic E-state index is 5.22. The third kappa shape index (κ3) is 21.5. The Labute approximate surface area is 231 Å². The molecule has 1 aromatic heterocycles. The Morgan fingerprint density at radius 1 is 0.677 bits per heavy atom. The van der Waals surface area contributed by atoms with Gasteiger partial charge in [-0.15, -0.1) is 0 Å². The number of pyridine rings is 1. The van der Waals surface area contributed by atoms with Crippen LogP contribution in [0.3, 0.4) is 0 Å². The van der Waals surface area contributed by atoms with Crippen LogP contribution in [-0.2, 0) is 18.9 Å². The number of aryl methyl sites for hydroxylation is 1. The van der Waals surface area contributed by atoms with Crippen molar-refractivity contribution in [3.05, 3.63) is 65.8 Å². The van der Waals surface area contributed by atoms with Crippen LogP contribution >= 0.6 is 0 Å². The van der Waals surface area contributed by atoms with Crippen LogP contribution in [0.1, 0.15) is 5.56 Å². The summed E-state index contributed by atoms with van der Waals surface area (Å²) in [6, 6.07) is 16.1. The van der Waals surface area contributed by atoms with Gasteiger partial charge in [0.05, 0.1) is 52.9 Å². The first kappa shape index (κ1) is 30.9. The summed E-state index contributed by atoms with van der Waals surface area (Å²) in [7, 11) is -1.34. The van der Waals surface area contributed by atoms with Crippen molar-refractivity contribution in [3.8, 4) is 0 Å². The Bertz CT molecular complexity index is 648. The summed E-state index contributed by atoms with van der Waals surface area (Å²) >= 11 is 0. The summed E-state index contributed by atoms with van der Waals surface area (Å²) in [4.78, 5) is 4.13. The Hall–Kier alpha value is -0.137. The quantitative estimate of drug-likeness (QED) is 0.564. The minimum Gasteiger partial charge on any atom is -0.472 e. The number of benzene rings is 1. The minimum absolute atomic E-state index is 0. The van der Waals surface area contributed by atoms with Gasteiger partial charge in [0, 0.05) is 8.24 Å². The summed E-state index contributed by atoms with van der Waals surface area (Å²) in [5.74, 6) is 0. The molecule has 1 aliphatic heterocycles. The second-order valence-electron chi connectivity index (χ2n) is 7.57. The van der Waals surface area contributed by atoms with Gasteiger partial charge in [0.15, 0.2) is 0 Å². The minimum atomic E-state index is -1.34. The summed E-state index contributed by atoms with van der Waals surface area (Å²) in [6.07, 6.45) is 1.78. The summed E-state index contributed by atoms with van der Waals surface area (Å²) in [5.41, 5.74) is 2.19. The Kier molecular flexibility index (Phi) is 20.4. The van der Waals surface area contributed by atoms with Gasteiger partial charge in [0.1, 0.15) is 0 Å². The molecule has 0 spiro atoms. The zero-order chi connectivity index (χ0) is 21.9. The van der Waals surface area contributed by atoms with Crippen molar-refractivity contribution in [1.82, 2.24) is 4.98 Å². The van der Waals surface area contributed by atoms with Crippen LogP contribution in [0.25, 0.3) is 0 Å². The molecule has 0 N–H and O–H groups in total. The molecule has 168 valence electrons. The van der Waals surface area contributed by atoms with Crippen molar-refractivity contribution in [3.63, 3.8) is 0 Å². The normalized spacial score (nSPS) is 16.1. The standard InChI is InChI=1S/C8H13N2Si.C8H16O4.C7H8.K/c1-11(2,3)10-8-6-4-5-7-9-8;1-2-10-5-6-12-8-7-11-4-3-9-1;1-7-5-3-2-4-6-7;/h4-7H,1-3H3;1-8H2;2-6H,1H3;/q-1;;;+1. The molecule has 0 radical (unpaired) electrons. The third-order valence-electron chi connectivity index (χ3n) is 3.53. The molecule has 0 amide bonds. The van der Waals surface area contributed by atoms with Crippen LogP contribution in [0.2, 0.25) is 19.6 Å². The van der Waals surface area contributed by atoms with E-state index >= 15 is 0 Å². The zero-order valence-corrected chi connectivity index (χ0v) is 24.0. The van der Waals surface area contributed by atoms with E-state index < -0.39 is 8.24 Å². The number of ether oxygens (including phenoxy) is 4. The van der Waals surface area contributed by atoms with Crippen LogP contribution < -0.4 is 61.9 Å². The van der Waals surface area contributed by atoms with E-state index in [1.165, 1.54) is 5.56 Å². The molecule has 8 heteroatoms. The molecule has 1 aromatic carbocycles. The van der Waals surface area contributed by atoms with Crippen molar-refractivity contribution in [2.45, 2.75) is 26.6 Å². The van der Waals surface area contributed by atoms with E-state index in [9.17, 15) is 0 Å². The van der Waals surface area contributed by atoms with E-state index in [0.29, 0.717) is 52.9 Å². The molecule has 0 unspecified atom stereocenters. The predicted molar refractivity (Wildman–Crippen MR) is 123 cm³/mol. The molecule has 2 aromatic rings. The molecule has 1 aliphatic rings. The van der Waals surface area contributed by atoms with Gasteiger partial charge >= 0.3 is 51.4 Å².